The van der Waals surface area contributed by atoms with Crippen LogP contribution < -0.4 is 5.32 Å². The molecule has 0 aromatic heterocycles. The van der Waals surface area contributed by atoms with E-state index in [9.17, 15) is 14.4 Å². The van der Waals surface area contributed by atoms with Crippen LogP contribution in [0, 0.1) is 11.3 Å². The fourth-order valence-corrected chi connectivity index (χ4v) is 2.51. The van der Waals surface area contributed by atoms with Gasteiger partial charge in [-0.15, -0.1) is 0 Å². The number of amides is 3. The number of halogens is 1. The minimum Gasteiger partial charge on any atom is -0.322 e. The van der Waals surface area contributed by atoms with Gasteiger partial charge >= 0.3 is 0 Å². The van der Waals surface area contributed by atoms with Crippen molar-refractivity contribution in [1.29, 1.82) is 5.26 Å². The summed E-state index contributed by atoms with van der Waals surface area (Å²) in [6.45, 7) is -0.307. The van der Waals surface area contributed by atoms with E-state index in [-0.39, 0.29) is 23.6 Å². The molecule has 2 aromatic rings. The zero-order chi connectivity index (χ0) is 17.3. The van der Waals surface area contributed by atoms with E-state index in [2.05, 4.69) is 5.32 Å². The fraction of sp³-hybridized carbons (Fsp3) is 0.0588. The van der Waals surface area contributed by atoms with Crippen LogP contribution in [0.3, 0.4) is 0 Å². The molecule has 0 fully saturated rings. The van der Waals surface area contributed by atoms with Gasteiger partial charge in [0.15, 0.2) is 0 Å². The molecule has 118 valence electrons. The summed E-state index contributed by atoms with van der Waals surface area (Å²) in [5, 5.41) is 11.9. The fourth-order valence-electron chi connectivity index (χ4n) is 2.39. The zero-order valence-corrected chi connectivity index (χ0v) is 13.0. The van der Waals surface area contributed by atoms with Crippen molar-refractivity contribution in [2.24, 2.45) is 0 Å². The third-order valence-electron chi connectivity index (χ3n) is 3.56. The number of rotatable bonds is 3. The first kappa shape index (κ1) is 15.7. The molecule has 1 heterocycles. The Hall–Kier alpha value is -3.17. The van der Waals surface area contributed by atoms with E-state index < -0.39 is 11.8 Å². The van der Waals surface area contributed by atoms with Crippen molar-refractivity contribution in [2.75, 3.05) is 11.9 Å². The molecule has 0 bridgehead atoms. The molecule has 0 saturated heterocycles. The standard InChI is InChI=1S/C17H10ClN3O3/c18-11-3-1-10(2-4-11)15(22)20-12-5-6-13-14(9-12)17(24)21(8-7-19)16(13)23/h1-6,9H,8H2,(H,20,22). The maximum absolute atomic E-state index is 12.2. The third-order valence-corrected chi connectivity index (χ3v) is 3.82. The monoisotopic (exact) mass is 339 g/mol. The number of imide groups is 1. The highest BCUT2D eigenvalue weighted by Gasteiger charge is 2.35. The first-order valence-corrected chi connectivity index (χ1v) is 7.33. The van der Waals surface area contributed by atoms with E-state index in [1.54, 1.807) is 30.3 Å². The van der Waals surface area contributed by atoms with Gasteiger partial charge in [0, 0.05) is 16.3 Å². The third kappa shape index (κ3) is 2.73. The van der Waals surface area contributed by atoms with Gasteiger partial charge in [-0.1, -0.05) is 11.6 Å². The Balaban J connectivity index is 1.84. The Morgan fingerprint density at radius 1 is 1.08 bits per heavy atom. The summed E-state index contributed by atoms with van der Waals surface area (Å²) in [6, 6.07) is 12.6. The molecule has 24 heavy (non-hydrogen) atoms. The molecule has 3 amide bonds. The van der Waals surface area contributed by atoms with Crippen molar-refractivity contribution >= 4 is 35.0 Å². The first-order chi connectivity index (χ1) is 11.5. The molecular formula is C17H10ClN3O3. The van der Waals surface area contributed by atoms with E-state index >= 15 is 0 Å². The number of hydrogen-bond donors (Lipinski definition) is 1. The molecule has 1 N–H and O–H groups in total. The molecule has 0 atom stereocenters. The Morgan fingerprint density at radius 2 is 1.75 bits per heavy atom. The minimum absolute atomic E-state index is 0.171. The van der Waals surface area contributed by atoms with Gasteiger partial charge in [0.05, 0.1) is 17.2 Å². The summed E-state index contributed by atoms with van der Waals surface area (Å²) >= 11 is 5.78. The van der Waals surface area contributed by atoms with Crippen molar-refractivity contribution in [1.82, 2.24) is 4.90 Å². The SMILES string of the molecule is N#CCN1C(=O)c2ccc(NC(=O)c3ccc(Cl)cc3)cc2C1=O. The minimum atomic E-state index is -0.542. The van der Waals surface area contributed by atoms with Crippen LogP contribution in [0.1, 0.15) is 31.1 Å². The van der Waals surface area contributed by atoms with Gasteiger partial charge in [0.2, 0.25) is 0 Å². The van der Waals surface area contributed by atoms with Crippen molar-refractivity contribution in [2.45, 2.75) is 0 Å². The van der Waals surface area contributed by atoms with Crippen molar-refractivity contribution < 1.29 is 14.4 Å². The molecule has 2 aromatic carbocycles. The molecule has 0 saturated carbocycles. The van der Waals surface area contributed by atoms with Gasteiger partial charge in [-0.3, -0.25) is 19.3 Å². The van der Waals surface area contributed by atoms with Crippen LogP contribution in [0.2, 0.25) is 5.02 Å². The number of benzene rings is 2. The average molecular weight is 340 g/mol. The van der Waals surface area contributed by atoms with Gasteiger partial charge in [-0.25, -0.2) is 0 Å². The van der Waals surface area contributed by atoms with Crippen LogP contribution in [0.25, 0.3) is 0 Å². The Labute approximate surface area is 142 Å². The predicted octanol–water partition coefficient (Wildman–Crippen LogP) is 2.71. The first-order valence-electron chi connectivity index (χ1n) is 6.95. The highest BCUT2D eigenvalue weighted by molar-refractivity contribution is 6.30. The van der Waals surface area contributed by atoms with Gasteiger partial charge in [0.1, 0.15) is 6.54 Å². The van der Waals surface area contributed by atoms with Crippen LogP contribution in [-0.2, 0) is 0 Å². The molecule has 3 rings (SSSR count). The molecule has 0 spiro atoms. The quantitative estimate of drug-likeness (QED) is 0.687. The molecule has 7 heteroatoms. The topological polar surface area (TPSA) is 90.3 Å². The molecule has 1 aliphatic heterocycles. The lowest BCUT2D eigenvalue weighted by Gasteiger charge is -2.07. The maximum atomic E-state index is 12.2. The van der Waals surface area contributed by atoms with Crippen molar-refractivity contribution in [3.63, 3.8) is 0 Å². The molecule has 0 radical (unpaired) electrons. The summed E-state index contributed by atoms with van der Waals surface area (Å²) in [5.41, 5.74) is 1.19. The number of carbonyl (C=O) groups is 3. The second-order valence-corrected chi connectivity index (χ2v) is 5.51. The van der Waals surface area contributed by atoms with Crippen LogP contribution in [0.4, 0.5) is 5.69 Å². The Morgan fingerprint density at radius 3 is 2.42 bits per heavy atom. The average Bonchev–Trinajstić information content (AvgIpc) is 2.80. The number of nitrogens with one attached hydrogen (secondary N) is 1. The van der Waals surface area contributed by atoms with Crippen LogP contribution in [0.15, 0.2) is 42.5 Å². The summed E-state index contributed by atoms with van der Waals surface area (Å²) in [6.07, 6.45) is 0. The smallest absolute Gasteiger partial charge is 0.262 e. The molecule has 6 nitrogen and oxygen atoms in total. The normalized spacial score (nSPS) is 12.8. The predicted molar refractivity (Wildman–Crippen MR) is 86.8 cm³/mol. The molecule has 1 aliphatic rings. The van der Waals surface area contributed by atoms with Crippen LogP contribution in [0.5, 0.6) is 0 Å². The van der Waals surface area contributed by atoms with Crippen molar-refractivity contribution in [3.05, 3.63) is 64.2 Å². The van der Waals surface area contributed by atoms with Gasteiger partial charge < -0.3 is 5.32 Å². The van der Waals surface area contributed by atoms with Crippen LogP contribution in [-0.4, -0.2) is 29.2 Å². The Kier molecular flexibility index (Phi) is 4.02. The Bertz CT molecular complexity index is 900. The highest BCUT2D eigenvalue weighted by atomic mass is 35.5. The summed E-state index contributed by atoms with van der Waals surface area (Å²) in [7, 11) is 0. The zero-order valence-electron chi connectivity index (χ0n) is 12.2. The van der Waals surface area contributed by atoms with E-state index in [1.165, 1.54) is 18.2 Å². The lowest BCUT2D eigenvalue weighted by Crippen LogP contribution is -2.29. The molecule has 0 aliphatic carbocycles. The van der Waals surface area contributed by atoms with Crippen molar-refractivity contribution in [3.8, 4) is 6.07 Å². The number of hydrogen-bond acceptors (Lipinski definition) is 4. The largest absolute Gasteiger partial charge is 0.322 e. The second-order valence-electron chi connectivity index (χ2n) is 5.08. The number of anilines is 1. The number of nitrogens with zero attached hydrogens (tertiary/aromatic N) is 2. The summed E-state index contributed by atoms with van der Waals surface area (Å²) < 4.78 is 0. The number of fused-ring (bicyclic) bond motifs is 1. The van der Waals surface area contributed by atoms with E-state index in [1.807, 2.05) is 0 Å². The highest BCUT2D eigenvalue weighted by Crippen LogP contribution is 2.26. The van der Waals surface area contributed by atoms with E-state index in [0.29, 0.717) is 16.3 Å². The molecular weight excluding hydrogens is 330 g/mol. The second kappa shape index (κ2) is 6.14. The van der Waals surface area contributed by atoms with Gasteiger partial charge in [-0.2, -0.15) is 5.26 Å². The van der Waals surface area contributed by atoms with Gasteiger partial charge in [0.25, 0.3) is 17.7 Å². The number of carbonyl (C=O) groups excluding carboxylic acids is 3. The van der Waals surface area contributed by atoms with Crippen LogP contribution >= 0.6 is 11.6 Å². The van der Waals surface area contributed by atoms with E-state index in [0.717, 1.165) is 4.90 Å². The van der Waals surface area contributed by atoms with E-state index in [4.69, 9.17) is 16.9 Å². The lowest BCUT2D eigenvalue weighted by molar-refractivity contribution is 0.0673. The maximum Gasteiger partial charge on any atom is 0.262 e. The summed E-state index contributed by atoms with van der Waals surface area (Å²) in [5.74, 6) is -1.41. The molecule has 0 unspecified atom stereocenters. The van der Waals surface area contributed by atoms with Gasteiger partial charge in [-0.05, 0) is 42.5 Å². The number of nitriles is 1. The summed E-state index contributed by atoms with van der Waals surface area (Å²) in [4.78, 5) is 37.3. The lowest BCUT2D eigenvalue weighted by atomic mass is 10.1.